The van der Waals surface area contributed by atoms with Crippen LogP contribution in [0.1, 0.15) is 5.56 Å². The number of anilines is 1. The molecule has 0 aliphatic carbocycles. The van der Waals surface area contributed by atoms with E-state index in [0.717, 1.165) is 32.0 Å². The molecule has 0 amide bonds. The first-order valence-electron chi connectivity index (χ1n) is 5.05. The van der Waals surface area contributed by atoms with E-state index in [1.54, 1.807) is 12.1 Å². The highest BCUT2D eigenvalue weighted by atomic mass is 19.1. The standard InChI is InChI=1S/C12H14FNO/c1-10(13)11-2-4-12(5-3-11)14-6-8-15-9-7-14/h2-5H,1,6-9H2. The summed E-state index contributed by atoms with van der Waals surface area (Å²) in [6.45, 7) is 6.59. The Bertz CT molecular complexity index is 341. The van der Waals surface area contributed by atoms with Gasteiger partial charge in [-0.15, -0.1) is 0 Å². The summed E-state index contributed by atoms with van der Waals surface area (Å²) in [7, 11) is 0. The fraction of sp³-hybridized carbons (Fsp3) is 0.333. The normalized spacial score (nSPS) is 16.5. The summed E-state index contributed by atoms with van der Waals surface area (Å²) in [5.41, 5.74) is 1.66. The maximum absolute atomic E-state index is 12.8. The van der Waals surface area contributed by atoms with Crippen molar-refractivity contribution in [2.75, 3.05) is 31.2 Å². The summed E-state index contributed by atoms with van der Waals surface area (Å²) in [6, 6.07) is 7.36. The van der Waals surface area contributed by atoms with E-state index in [9.17, 15) is 4.39 Å². The molecule has 1 saturated heterocycles. The molecule has 2 rings (SSSR count). The van der Waals surface area contributed by atoms with E-state index in [-0.39, 0.29) is 5.83 Å². The Kier molecular flexibility index (Phi) is 3.02. The van der Waals surface area contributed by atoms with Crippen molar-refractivity contribution in [3.05, 3.63) is 36.4 Å². The average molecular weight is 207 g/mol. The van der Waals surface area contributed by atoms with E-state index >= 15 is 0 Å². The Morgan fingerprint density at radius 1 is 1.20 bits per heavy atom. The second-order valence-electron chi connectivity index (χ2n) is 3.55. The summed E-state index contributed by atoms with van der Waals surface area (Å²) in [5.74, 6) is -0.386. The molecule has 1 aromatic carbocycles. The lowest BCUT2D eigenvalue weighted by Gasteiger charge is -2.28. The summed E-state index contributed by atoms with van der Waals surface area (Å²) in [6.07, 6.45) is 0. The van der Waals surface area contributed by atoms with Crippen molar-refractivity contribution in [3.63, 3.8) is 0 Å². The second kappa shape index (κ2) is 4.45. The van der Waals surface area contributed by atoms with Gasteiger partial charge < -0.3 is 9.64 Å². The number of hydrogen-bond donors (Lipinski definition) is 0. The van der Waals surface area contributed by atoms with Gasteiger partial charge in [0.25, 0.3) is 0 Å². The van der Waals surface area contributed by atoms with Gasteiger partial charge in [-0.3, -0.25) is 0 Å². The zero-order valence-corrected chi connectivity index (χ0v) is 8.58. The number of halogens is 1. The minimum absolute atomic E-state index is 0.386. The Morgan fingerprint density at radius 3 is 2.33 bits per heavy atom. The highest BCUT2D eigenvalue weighted by Crippen LogP contribution is 2.20. The van der Waals surface area contributed by atoms with Crippen molar-refractivity contribution in [1.29, 1.82) is 0 Å². The number of ether oxygens (including phenoxy) is 1. The Hall–Kier alpha value is -1.35. The van der Waals surface area contributed by atoms with Crippen molar-refractivity contribution < 1.29 is 9.13 Å². The van der Waals surface area contributed by atoms with Gasteiger partial charge in [0.05, 0.1) is 13.2 Å². The van der Waals surface area contributed by atoms with Crippen molar-refractivity contribution in [2.45, 2.75) is 0 Å². The van der Waals surface area contributed by atoms with Gasteiger partial charge >= 0.3 is 0 Å². The first kappa shape index (κ1) is 10.2. The predicted molar refractivity (Wildman–Crippen MR) is 59.6 cm³/mol. The molecule has 1 aliphatic rings. The predicted octanol–water partition coefficient (Wildman–Crippen LogP) is 2.46. The largest absolute Gasteiger partial charge is 0.378 e. The van der Waals surface area contributed by atoms with Crippen LogP contribution in [0.4, 0.5) is 10.1 Å². The lowest BCUT2D eigenvalue weighted by molar-refractivity contribution is 0.122. The molecule has 3 heteroatoms. The monoisotopic (exact) mass is 207 g/mol. The minimum atomic E-state index is -0.386. The van der Waals surface area contributed by atoms with Crippen molar-refractivity contribution >= 4 is 11.5 Å². The molecular formula is C12H14FNO. The van der Waals surface area contributed by atoms with Crippen LogP contribution in [0.25, 0.3) is 5.83 Å². The van der Waals surface area contributed by atoms with Crippen LogP contribution in [0.15, 0.2) is 30.8 Å². The molecule has 1 aliphatic heterocycles. The summed E-state index contributed by atoms with van der Waals surface area (Å²) in [5, 5.41) is 0. The Balaban J connectivity index is 2.11. The van der Waals surface area contributed by atoms with Gasteiger partial charge in [-0.2, -0.15) is 0 Å². The van der Waals surface area contributed by atoms with Crippen LogP contribution in [0.5, 0.6) is 0 Å². The van der Waals surface area contributed by atoms with E-state index in [1.165, 1.54) is 0 Å². The van der Waals surface area contributed by atoms with Gasteiger partial charge in [0.2, 0.25) is 0 Å². The molecule has 2 nitrogen and oxygen atoms in total. The maximum Gasteiger partial charge on any atom is 0.123 e. The average Bonchev–Trinajstić information content (AvgIpc) is 2.30. The van der Waals surface area contributed by atoms with E-state index in [4.69, 9.17) is 4.74 Å². The maximum atomic E-state index is 12.8. The number of rotatable bonds is 2. The minimum Gasteiger partial charge on any atom is -0.378 e. The highest BCUT2D eigenvalue weighted by Gasteiger charge is 2.10. The third-order valence-corrected chi connectivity index (χ3v) is 2.56. The molecule has 0 unspecified atom stereocenters. The van der Waals surface area contributed by atoms with E-state index in [1.807, 2.05) is 12.1 Å². The van der Waals surface area contributed by atoms with Gasteiger partial charge in [0.15, 0.2) is 0 Å². The summed E-state index contributed by atoms with van der Waals surface area (Å²) >= 11 is 0. The number of morpholine rings is 1. The van der Waals surface area contributed by atoms with E-state index < -0.39 is 0 Å². The molecule has 0 N–H and O–H groups in total. The molecule has 80 valence electrons. The lowest BCUT2D eigenvalue weighted by Crippen LogP contribution is -2.36. The summed E-state index contributed by atoms with van der Waals surface area (Å²) in [4.78, 5) is 2.23. The first-order valence-corrected chi connectivity index (χ1v) is 5.05. The Labute approximate surface area is 89.0 Å². The van der Waals surface area contributed by atoms with Crippen LogP contribution in [0.2, 0.25) is 0 Å². The molecular weight excluding hydrogens is 193 g/mol. The van der Waals surface area contributed by atoms with Gasteiger partial charge in [-0.25, -0.2) is 4.39 Å². The third-order valence-electron chi connectivity index (χ3n) is 2.56. The number of benzene rings is 1. The quantitative estimate of drug-likeness (QED) is 0.738. The Morgan fingerprint density at radius 2 is 1.80 bits per heavy atom. The molecule has 1 heterocycles. The van der Waals surface area contributed by atoms with E-state index in [0.29, 0.717) is 5.56 Å². The number of hydrogen-bond acceptors (Lipinski definition) is 2. The molecule has 1 aromatic rings. The topological polar surface area (TPSA) is 12.5 Å². The van der Waals surface area contributed by atoms with Crippen LogP contribution in [-0.2, 0) is 4.74 Å². The molecule has 0 atom stereocenters. The van der Waals surface area contributed by atoms with Crippen LogP contribution in [0.3, 0.4) is 0 Å². The molecule has 0 bridgehead atoms. The third kappa shape index (κ3) is 2.36. The van der Waals surface area contributed by atoms with Crippen LogP contribution in [0, 0.1) is 0 Å². The van der Waals surface area contributed by atoms with Crippen LogP contribution in [-0.4, -0.2) is 26.3 Å². The molecule has 0 saturated carbocycles. The fourth-order valence-electron chi connectivity index (χ4n) is 1.67. The molecule has 1 fully saturated rings. The first-order chi connectivity index (χ1) is 7.27. The molecule has 0 spiro atoms. The van der Waals surface area contributed by atoms with Gasteiger partial charge in [0, 0.05) is 24.3 Å². The van der Waals surface area contributed by atoms with Crippen LogP contribution >= 0.6 is 0 Å². The molecule has 0 radical (unpaired) electrons. The highest BCUT2D eigenvalue weighted by molar-refractivity contribution is 5.60. The molecule has 0 aromatic heterocycles. The van der Waals surface area contributed by atoms with Crippen molar-refractivity contribution in [1.82, 2.24) is 0 Å². The van der Waals surface area contributed by atoms with Gasteiger partial charge in [-0.05, 0) is 12.1 Å². The zero-order chi connectivity index (χ0) is 10.7. The SMILES string of the molecule is C=C(F)c1ccc(N2CCOCC2)cc1. The van der Waals surface area contributed by atoms with Crippen molar-refractivity contribution in [2.24, 2.45) is 0 Å². The fourth-order valence-corrected chi connectivity index (χ4v) is 1.67. The van der Waals surface area contributed by atoms with Crippen molar-refractivity contribution in [3.8, 4) is 0 Å². The van der Waals surface area contributed by atoms with E-state index in [2.05, 4.69) is 11.5 Å². The second-order valence-corrected chi connectivity index (χ2v) is 3.55. The van der Waals surface area contributed by atoms with Gasteiger partial charge in [0.1, 0.15) is 5.83 Å². The lowest BCUT2D eigenvalue weighted by atomic mass is 10.2. The molecule has 15 heavy (non-hydrogen) atoms. The van der Waals surface area contributed by atoms with Crippen LogP contribution < -0.4 is 4.90 Å². The number of nitrogens with zero attached hydrogens (tertiary/aromatic N) is 1. The summed E-state index contributed by atoms with van der Waals surface area (Å²) < 4.78 is 18.0. The smallest absolute Gasteiger partial charge is 0.123 e. The van der Waals surface area contributed by atoms with Gasteiger partial charge in [-0.1, -0.05) is 18.7 Å². The zero-order valence-electron chi connectivity index (χ0n) is 8.58.